The molecule has 0 N–H and O–H groups in total. The molecule has 0 saturated carbocycles. The fourth-order valence-corrected chi connectivity index (χ4v) is 1.07. The summed E-state index contributed by atoms with van der Waals surface area (Å²) in [5.41, 5.74) is -0.0545. The van der Waals surface area contributed by atoms with Gasteiger partial charge in [-0.25, -0.2) is 18.6 Å². The number of hydrogen-bond donors (Lipinski definition) is 0. The lowest BCUT2D eigenvalue weighted by Gasteiger charge is -2.14. The standard InChI is InChI=1S/C10H9F2NO/c11-10(12,6-7-13-8-14)9-4-2-1-3-5-9/h1-5H,6-7H2. The topological polar surface area (TPSA) is 29.4 Å². The summed E-state index contributed by atoms with van der Waals surface area (Å²) in [5.74, 6) is -2.93. The molecule has 74 valence electrons. The summed E-state index contributed by atoms with van der Waals surface area (Å²) in [6.45, 7) is -0.203. The maximum absolute atomic E-state index is 13.3. The van der Waals surface area contributed by atoms with Gasteiger partial charge in [0.15, 0.2) is 0 Å². The van der Waals surface area contributed by atoms with Crippen LogP contribution < -0.4 is 0 Å². The van der Waals surface area contributed by atoms with E-state index in [1.165, 1.54) is 18.2 Å². The molecule has 1 aromatic rings. The van der Waals surface area contributed by atoms with Crippen molar-refractivity contribution < 1.29 is 13.6 Å². The molecular formula is C10H9F2NO. The van der Waals surface area contributed by atoms with Gasteiger partial charge in [0.25, 0.3) is 5.92 Å². The average Bonchev–Trinajstić information content (AvgIpc) is 2.19. The van der Waals surface area contributed by atoms with Crippen LogP contribution in [0.4, 0.5) is 8.78 Å². The molecule has 0 saturated heterocycles. The number of nitrogens with zero attached hydrogens (tertiary/aromatic N) is 1. The zero-order chi connectivity index (χ0) is 10.4. The van der Waals surface area contributed by atoms with Gasteiger partial charge in [-0.15, -0.1) is 0 Å². The molecule has 0 amide bonds. The fraction of sp³-hybridized carbons (Fsp3) is 0.300. The van der Waals surface area contributed by atoms with Crippen LogP contribution in [0.2, 0.25) is 0 Å². The Morgan fingerprint density at radius 3 is 2.50 bits per heavy atom. The molecule has 4 heteroatoms. The van der Waals surface area contributed by atoms with E-state index in [4.69, 9.17) is 0 Å². The fourth-order valence-electron chi connectivity index (χ4n) is 1.07. The van der Waals surface area contributed by atoms with Gasteiger partial charge in [0, 0.05) is 12.0 Å². The lowest BCUT2D eigenvalue weighted by molar-refractivity contribution is -0.0105. The normalized spacial score (nSPS) is 10.7. The molecular weight excluding hydrogens is 188 g/mol. The molecule has 0 atom stereocenters. The van der Waals surface area contributed by atoms with Crippen LogP contribution in [0.3, 0.4) is 0 Å². The highest BCUT2D eigenvalue weighted by molar-refractivity contribution is 5.32. The molecule has 0 fully saturated rings. The first-order chi connectivity index (χ1) is 6.67. The number of hydrogen-bond acceptors (Lipinski definition) is 2. The molecule has 0 bridgehead atoms. The largest absolute Gasteiger partial charge is 0.275 e. The summed E-state index contributed by atoms with van der Waals surface area (Å²) >= 11 is 0. The van der Waals surface area contributed by atoms with Crippen molar-refractivity contribution >= 4 is 6.08 Å². The quantitative estimate of drug-likeness (QED) is 0.538. The van der Waals surface area contributed by atoms with Crippen LogP contribution in [0.5, 0.6) is 0 Å². The minimum Gasteiger partial charge on any atom is -0.211 e. The average molecular weight is 197 g/mol. The summed E-state index contributed by atoms with van der Waals surface area (Å²) in [6, 6.07) is 7.47. The van der Waals surface area contributed by atoms with E-state index in [-0.39, 0.29) is 12.1 Å². The molecule has 0 spiro atoms. The number of isocyanates is 1. The first kappa shape index (κ1) is 10.5. The molecule has 0 aliphatic heterocycles. The smallest absolute Gasteiger partial charge is 0.211 e. The van der Waals surface area contributed by atoms with Gasteiger partial charge < -0.3 is 0 Å². The Labute approximate surface area is 80.3 Å². The highest BCUT2D eigenvalue weighted by atomic mass is 19.3. The van der Waals surface area contributed by atoms with Crippen molar-refractivity contribution in [3.8, 4) is 0 Å². The van der Waals surface area contributed by atoms with Crippen LogP contribution in [0.25, 0.3) is 0 Å². The van der Waals surface area contributed by atoms with Crippen molar-refractivity contribution in [2.45, 2.75) is 12.3 Å². The van der Waals surface area contributed by atoms with Crippen LogP contribution in [-0.2, 0) is 10.7 Å². The van der Waals surface area contributed by atoms with E-state index in [0.717, 1.165) is 0 Å². The maximum atomic E-state index is 13.3. The number of halogens is 2. The lowest BCUT2D eigenvalue weighted by atomic mass is 10.1. The number of benzene rings is 1. The SMILES string of the molecule is O=C=NCCC(F)(F)c1ccccc1. The highest BCUT2D eigenvalue weighted by Gasteiger charge is 2.30. The third-order valence-electron chi connectivity index (χ3n) is 1.80. The van der Waals surface area contributed by atoms with E-state index in [2.05, 4.69) is 4.99 Å². The third kappa shape index (κ3) is 2.75. The summed E-state index contributed by atoms with van der Waals surface area (Å²) in [6.07, 6.45) is 0.767. The molecule has 0 aliphatic rings. The second-order valence-corrected chi connectivity index (χ2v) is 2.79. The van der Waals surface area contributed by atoms with Crippen molar-refractivity contribution in [2.75, 3.05) is 6.54 Å². The first-order valence-corrected chi connectivity index (χ1v) is 4.14. The lowest BCUT2D eigenvalue weighted by Crippen LogP contribution is -2.14. The van der Waals surface area contributed by atoms with Crippen LogP contribution in [0, 0.1) is 0 Å². The summed E-state index contributed by atoms with van der Waals surface area (Å²) in [5, 5.41) is 0. The van der Waals surface area contributed by atoms with Gasteiger partial charge in [-0.1, -0.05) is 30.3 Å². The zero-order valence-corrected chi connectivity index (χ0v) is 7.41. The molecule has 1 rings (SSSR count). The zero-order valence-electron chi connectivity index (χ0n) is 7.41. The summed E-state index contributed by atoms with van der Waals surface area (Å²) < 4.78 is 26.6. The van der Waals surface area contributed by atoms with E-state index in [1.54, 1.807) is 18.2 Å². The molecule has 0 heterocycles. The first-order valence-electron chi connectivity index (χ1n) is 4.14. The Balaban J connectivity index is 2.70. The number of carbonyl (C=O) groups excluding carboxylic acids is 1. The molecule has 0 unspecified atom stereocenters. The van der Waals surface area contributed by atoms with E-state index in [9.17, 15) is 13.6 Å². The van der Waals surface area contributed by atoms with Gasteiger partial charge >= 0.3 is 0 Å². The predicted molar refractivity (Wildman–Crippen MR) is 47.9 cm³/mol. The molecule has 14 heavy (non-hydrogen) atoms. The van der Waals surface area contributed by atoms with Crippen molar-refractivity contribution in [3.05, 3.63) is 35.9 Å². The second kappa shape index (κ2) is 4.63. The molecule has 1 aromatic carbocycles. The van der Waals surface area contributed by atoms with Gasteiger partial charge in [-0.2, -0.15) is 0 Å². The maximum Gasteiger partial charge on any atom is 0.275 e. The molecule has 0 aromatic heterocycles. The number of aliphatic imine (C=N–C) groups is 1. The number of rotatable bonds is 4. The van der Waals surface area contributed by atoms with Gasteiger partial charge in [-0.05, 0) is 0 Å². The van der Waals surface area contributed by atoms with Gasteiger partial charge in [0.05, 0.1) is 6.54 Å². The molecule has 0 aliphatic carbocycles. The van der Waals surface area contributed by atoms with Gasteiger partial charge in [0.1, 0.15) is 0 Å². The van der Waals surface area contributed by atoms with Crippen molar-refractivity contribution in [1.29, 1.82) is 0 Å². The van der Waals surface area contributed by atoms with E-state index in [0.29, 0.717) is 0 Å². The minimum atomic E-state index is -2.93. The summed E-state index contributed by atoms with van der Waals surface area (Å²) in [7, 11) is 0. The Hall–Kier alpha value is -1.54. The van der Waals surface area contributed by atoms with E-state index >= 15 is 0 Å². The Bertz CT molecular complexity index is 331. The van der Waals surface area contributed by atoms with Crippen molar-refractivity contribution in [1.82, 2.24) is 0 Å². The van der Waals surface area contributed by atoms with E-state index < -0.39 is 12.3 Å². The van der Waals surface area contributed by atoms with Crippen LogP contribution >= 0.6 is 0 Å². The minimum absolute atomic E-state index is 0.0545. The van der Waals surface area contributed by atoms with Crippen LogP contribution in [-0.4, -0.2) is 12.6 Å². The summed E-state index contributed by atoms with van der Waals surface area (Å²) in [4.78, 5) is 12.8. The van der Waals surface area contributed by atoms with Crippen LogP contribution in [0.1, 0.15) is 12.0 Å². The Morgan fingerprint density at radius 2 is 1.93 bits per heavy atom. The Morgan fingerprint density at radius 1 is 1.29 bits per heavy atom. The van der Waals surface area contributed by atoms with Gasteiger partial charge in [0.2, 0.25) is 6.08 Å². The molecule has 2 nitrogen and oxygen atoms in total. The van der Waals surface area contributed by atoms with Gasteiger partial charge in [-0.3, -0.25) is 0 Å². The predicted octanol–water partition coefficient (Wildman–Crippen LogP) is 2.50. The second-order valence-electron chi connectivity index (χ2n) is 2.79. The van der Waals surface area contributed by atoms with E-state index in [1.807, 2.05) is 0 Å². The highest BCUT2D eigenvalue weighted by Crippen LogP contribution is 2.30. The van der Waals surface area contributed by atoms with Crippen molar-refractivity contribution in [3.63, 3.8) is 0 Å². The van der Waals surface area contributed by atoms with Crippen molar-refractivity contribution in [2.24, 2.45) is 4.99 Å². The molecule has 0 radical (unpaired) electrons. The third-order valence-corrected chi connectivity index (χ3v) is 1.80. The number of alkyl halides is 2. The Kier molecular flexibility index (Phi) is 3.48. The van der Waals surface area contributed by atoms with Crippen LogP contribution in [0.15, 0.2) is 35.3 Å². The monoisotopic (exact) mass is 197 g/mol.